The van der Waals surface area contributed by atoms with E-state index < -0.39 is 21.7 Å². The Labute approximate surface area is 173 Å². The Hall–Kier alpha value is -2.95. The zero-order chi connectivity index (χ0) is 21.9. The molecular formula is C19H22FN3O6S. The highest BCUT2D eigenvalue weighted by Gasteiger charge is 2.25. The Morgan fingerprint density at radius 1 is 1.27 bits per heavy atom. The van der Waals surface area contributed by atoms with E-state index in [-0.39, 0.29) is 22.6 Å². The fourth-order valence-electron chi connectivity index (χ4n) is 3.09. The minimum absolute atomic E-state index is 0.108. The molecule has 0 unspecified atom stereocenters. The van der Waals surface area contributed by atoms with E-state index in [4.69, 9.17) is 14.6 Å². The van der Waals surface area contributed by atoms with Gasteiger partial charge in [0.2, 0.25) is 11.8 Å². The van der Waals surface area contributed by atoms with Crippen molar-refractivity contribution >= 4 is 15.9 Å². The van der Waals surface area contributed by atoms with E-state index in [2.05, 4.69) is 9.97 Å². The van der Waals surface area contributed by atoms with Gasteiger partial charge in [0.1, 0.15) is 12.4 Å². The van der Waals surface area contributed by atoms with Crippen LogP contribution in [0, 0.1) is 5.82 Å². The van der Waals surface area contributed by atoms with Crippen LogP contribution in [0.15, 0.2) is 29.4 Å². The van der Waals surface area contributed by atoms with Gasteiger partial charge in [0.25, 0.3) is 0 Å². The Morgan fingerprint density at radius 2 is 1.93 bits per heavy atom. The molecule has 0 saturated carbocycles. The number of sulfone groups is 1. The summed E-state index contributed by atoms with van der Waals surface area (Å²) in [6, 6.07) is 3.38. The predicted molar refractivity (Wildman–Crippen MR) is 104 cm³/mol. The molecule has 0 radical (unpaired) electrons. The van der Waals surface area contributed by atoms with Crippen molar-refractivity contribution in [2.75, 3.05) is 19.3 Å². The number of aromatic nitrogens is 2. The van der Waals surface area contributed by atoms with Gasteiger partial charge in [0, 0.05) is 32.2 Å². The smallest absolute Gasteiger partial charge is 0.407 e. The number of amides is 1. The number of rotatable bonds is 6. The molecule has 0 bridgehead atoms. The van der Waals surface area contributed by atoms with Crippen molar-refractivity contribution in [3.8, 4) is 17.5 Å². The fraction of sp³-hybridized carbons (Fsp3) is 0.421. The molecule has 1 saturated heterocycles. The predicted octanol–water partition coefficient (Wildman–Crippen LogP) is 2.90. The lowest BCUT2D eigenvalue weighted by Gasteiger charge is -2.30. The van der Waals surface area contributed by atoms with E-state index in [0.29, 0.717) is 43.8 Å². The molecule has 0 aliphatic carbocycles. The van der Waals surface area contributed by atoms with Crippen molar-refractivity contribution in [2.45, 2.75) is 37.2 Å². The van der Waals surface area contributed by atoms with Crippen LogP contribution < -0.4 is 9.47 Å². The molecule has 1 aromatic carbocycles. The summed E-state index contributed by atoms with van der Waals surface area (Å²) in [6.07, 6.45) is 2.56. The van der Waals surface area contributed by atoms with Gasteiger partial charge in [-0.05, 0) is 24.6 Å². The van der Waals surface area contributed by atoms with Gasteiger partial charge < -0.3 is 19.5 Å². The highest BCUT2D eigenvalue weighted by molar-refractivity contribution is 7.90. The summed E-state index contributed by atoms with van der Waals surface area (Å²) >= 11 is 0. The van der Waals surface area contributed by atoms with Crippen LogP contribution in [-0.4, -0.2) is 59.9 Å². The first-order valence-electron chi connectivity index (χ1n) is 9.35. The van der Waals surface area contributed by atoms with Gasteiger partial charge in [-0.2, -0.15) is 0 Å². The lowest BCUT2D eigenvalue weighted by Crippen LogP contribution is -2.41. The second-order valence-corrected chi connectivity index (χ2v) is 8.89. The molecule has 2 heterocycles. The Kier molecular flexibility index (Phi) is 6.40. The second-order valence-electron chi connectivity index (χ2n) is 6.87. The van der Waals surface area contributed by atoms with Gasteiger partial charge in [0.05, 0.1) is 10.5 Å². The van der Waals surface area contributed by atoms with Crippen LogP contribution in [-0.2, 0) is 16.3 Å². The van der Waals surface area contributed by atoms with Gasteiger partial charge in [-0.1, -0.05) is 6.92 Å². The normalized spacial score (nSPS) is 15.1. The first-order chi connectivity index (χ1) is 14.2. The highest BCUT2D eigenvalue weighted by atomic mass is 32.2. The third-order valence-corrected chi connectivity index (χ3v) is 5.86. The van der Waals surface area contributed by atoms with Crippen molar-refractivity contribution < 1.29 is 32.2 Å². The maximum absolute atomic E-state index is 14.4. The summed E-state index contributed by atoms with van der Waals surface area (Å²) in [4.78, 5) is 20.4. The van der Waals surface area contributed by atoms with Crippen LogP contribution in [0.3, 0.4) is 0 Å². The number of nitrogens with zero attached hydrogens (tertiary/aromatic N) is 3. The van der Waals surface area contributed by atoms with E-state index in [9.17, 15) is 17.6 Å². The quantitative estimate of drug-likeness (QED) is 0.730. The number of carbonyl (C=O) groups is 1. The first kappa shape index (κ1) is 21.8. The minimum Gasteiger partial charge on any atom is -0.474 e. The van der Waals surface area contributed by atoms with Crippen molar-refractivity contribution in [1.29, 1.82) is 0 Å². The van der Waals surface area contributed by atoms with Crippen LogP contribution in [0.4, 0.5) is 9.18 Å². The Morgan fingerprint density at radius 3 is 2.50 bits per heavy atom. The SMILES string of the molecule is CCc1c(Oc2ccc(S(C)(=O)=O)cc2F)ncnc1OC1CCN(C(=O)O)CC1. The van der Waals surface area contributed by atoms with E-state index in [1.807, 2.05) is 6.92 Å². The molecule has 9 nitrogen and oxygen atoms in total. The summed E-state index contributed by atoms with van der Waals surface area (Å²) in [6.45, 7) is 2.58. The zero-order valence-electron chi connectivity index (χ0n) is 16.5. The molecule has 11 heteroatoms. The summed E-state index contributed by atoms with van der Waals surface area (Å²) in [5, 5.41) is 9.04. The summed E-state index contributed by atoms with van der Waals surface area (Å²) in [5.41, 5.74) is 0.532. The molecule has 1 aromatic heterocycles. The summed E-state index contributed by atoms with van der Waals surface area (Å²) in [5.74, 6) is -0.598. The van der Waals surface area contributed by atoms with Gasteiger partial charge in [0.15, 0.2) is 21.4 Å². The largest absolute Gasteiger partial charge is 0.474 e. The van der Waals surface area contributed by atoms with Crippen LogP contribution in [0.25, 0.3) is 0 Å². The number of halogens is 1. The van der Waals surface area contributed by atoms with Crippen molar-refractivity contribution in [1.82, 2.24) is 14.9 Å². The van der Waals surface area contributed by atoms with Gasteiger partial charge in [-0.25, -0.2) is 27.6 Å². The fourth-order valence-corrected chi connectivity index (χ4v) is 3.73. The first-order valence-corrected chi connectivity index (χ1v) is 11.2. The molecule has 1 aliphatic heterocycles. The number of carboxylic acid groups (broad SMARTS) is 1. The number of piperidine rings is 1. The topological polar surface area (TPSA) is 119 Å². The molecule has 162 valence electrons. The number of hydrogen-bond acceptors (Lipinski definition) is 7. The van der Waals surface area contributed by atoms with Crippen molar-refractivity contribution in [3.05, 3.63) is 35.9 Å². The monoisotopic (exact) mass is 439 g/mol. The van der Waals surface area contributed by atoms with E-state index >= 15 is 0 Å². The van der Waals surface area contributed by atoms with Crippen molar-refractivity contribution in [2.24, 2.45) is 0 Å². The zero-order valence-corrected chi connectivity index (χ0v) is 17.4. The standard InChI is InChI=1S/C19H22FN3O6S/c1-3-14-17(28-12-6-8-23(9-7-12)19(24)25)21-11-22-18(14)29-16-5-4-13(10-15(16)20)30(2,26)27/h4-5,10-12H,3,6-9H2,1-2H3,(H,24,25). The van der Waals surface area contributed by atoms with Gasteiger partial charge in [-0.15, -0.1) is 0 Å². The molecular weight excluding hydrogens is 417 g/mol. The lowest BCUT2D eigenvalue weighted by atomic mass is 10.1. The second kappa shape index (κ2) is 8.82. The van der Waals surface area contributed by atoms with Crippen LogP contribution >= 0.6 is 0 Å². The Bertz CT molecular complexity index is 1040. The Balaban J connectivity index is 1.78. The minimum atomic E-state index is -3.54. The van der Waals surface area contributed by atoms with Crippen LogP contribution in [0.5, 0.6) is 17.5 Å². The van der Waals surface area contributed by atoms with Gasteiger partial charge >= 0.3 is 6.09 Å². The van der Waals surface area contributed by atoms with E-state index in [1.54, 1.807) is 0 Å². The molecule has 1 aliphatic rings. The molecule has 1 amide bonds. The number of likely N-dealkylation sites (tertiary alicyclic amines) is 1. The number of ether oxygens (including phenoxy) is 2. The summed E-state index contributed by atoms with van der Waals surface area (Å²) in [7, 11) is -3.54. The third kappa shape index (κ3) is 4.96. The maximum Gasteiger partial charge on any atom is 0.407 e. The van der Waals surface area contributed by atoms with Crippen LogP contribution in [0.2, 0.25) is 0 Å². The molecule has 1 N–H and O–H groups in total. The average Bonchev–Trinajstić information content (AvgIpc) is 2.69. The van der Waals surface area contributed by atoms with E-state index in [1.165, 1.54) is 23.4 Å². The molecule has 0 atom stereocenters. The molecule has 2 aromatic rings. The van der Waals surface area contributed by atoms with Crippen LogP contribution in [0.1, 0.15) is 25.3 Å². The van der Waals surface area contributed by atoms with E-state index in [0.717, 1.165) is 12.3 Å². The molecule has 0 spiro atoms. The molecule has 3 rings (SSSR count). The highest BCUT2D eigenvalue weighted by Crippen LogP contribution is 2.32. The third-order valence-electron chi connectivity index (χ3n) is 4.75. The number of hydrogen-bond donors (Lipinski definition) is 1. The molecule has 30 heavy (non-hydrogen) atoms. The maximum atomic E-state index is 14.4. The average molecular weight is 439 g/mol. The number of benzene rings is 1. The van der Waals surface area contributed by atoms with Gasteiger partial charge in [-0.3, -0.25) is 0 Å². The molecule has 1 fully saturated rings. The summed E-state index contributed by atoms with van der Waals surface area (Å²) < 4.78 is 49.0. The lowest BCUT2D eigenvalue weighted by molar-refractivity contribution is 0.0862. The van der Waals surface area contributed by atoms with Crippen molar-refractivity contribution in [3.63, 3.8) is 0 Å².